The Morgan fingerprint density at radius 2 is 1.95 bits per heavy atom. The zero-order valence-electron chi connectivity index (χ0n) is 11.6. The van der Waals surface area contributed by atoms with Crippen molar-refractivity contribution in [2.45, 2.75) is 13.1 Å². The van der Waals surface area contributed by atoms with Gasteiger partial charge in [0, 0.05) is 25.7 Å². The lowest BCUT2D eigenvalue weighted by Crippen LogP contribution is -2.45. The zero-order chi connectivity index (χ0) is 15.1. The number of nitrogens with two attached hydrogens (primary N) is 1. The van der Waals surface area contributed by atoms with Crippen molar-refractivity contribution in [3.8, 4) is 0 Å². The topological polar surface area (TPSA) is 92.5 Å². The number of ketones is 1. The first kappa shape index (κ1) is 13.5. The highest BCUT2D eigenvalue weighted by Gasteiger charge is 2.30. The number of anilines is 2. The first-order valence-corrected chi connectivity index (χ1v) is 6.68. The van der Waals surface area contributed by atoms with Crippen LogP contribution in [0.5, 0.6) is 0 Å². The van der Waals surface area contributed by atoms with Crippen LogP contribution in [-0.4, -0.2) is 19.4 Å². The molecule has 6 nitrogen and oxygen atoms in total. The van der Waals surface area contributed by atoms with Gasteiger partial charge in [0.1, 0.15) is 11.4 Å². The van der Waals surface area contributed by atoms with E-state index in [0.29, 0.717) is 24.3 Å². The van der Waals surface area contributed by atoms with Gasteiger partial charge >= 0.3 is 0 Å². The summed E-state index contributed by atoms with van der Waals surface area (Å²) >= 11 is 0. The number of nitrogens with zero attached hydrogens (tertiary/aromatic N) is 1. The molecule has 0 atom stereocenters. The largest absolute Gasteiger partial charge is 0.383 e. The van der Waals surface area contributed by atoms with Crippen LogP contribution in [0.3, 0.4) is 0 Å². The van der Waals surface area contributed by atoms with Crippen LogP contribution >= 0.6 is 0 Å². The van der Waals surface area contributed by atoms with Gasteiger partial charge in [-0.1, -0.05) is 18.2 Å². The van der Waals surface area contributed by atoms with Crippen LogP contribution in [0.25, 0.3) is 0 Å². The van der Waals surface area contributed by atoms with E-state index >= 15 is 0 Å². The monoisotopic (exact) mass is 285 g/mol. The van der Waals surface area contributed by atoms with Crippen molar-refractivity contribution >= 4 is 17.2 Å². The standard InChI is InChI=1S/C15H15N3O3/c1-17-12-13(15(21)14(12)20)18-6-9-4-8(5-16)2-3-10(9)11(19)7-18/h2-4,17H,5-7,16H2,1H3. The summed E-state index contributed by atoms with van der Waals surface area (Å²) < 4.78 is 0. The van der Waals surface area contributed by atoms with Crippen molar-refractivity contribution in [1.82, 2.24) is 0 Å². The maximum Gasteiger partial charge on any atom is 0.253 e. The summed E-state index contributed by atoms with van der Waals surface area (Å²) in [6, 6.07) is 5.49. The molecule has 3 N–H and O–H groups in total. The van der Waals surface area contributed by atoms with E-state index < -0.39 is 10.9 Å². The molecule has 0 aromatic heterocycles. The Bertz CT molecular complexity index is 803. The smallest absolute Gasteiger partial charge is 0.253 e. The second kappa shape index (κ2) is 4.82. The van der Waals surface area contributed by atoms with Crippen LogP contribution in [0.1, 0.15) is 21.5 Å². The number of fused-ring (bicyclic) bond motifs is 1. The molecule has 3 rings (SSSR count). The van der Waals surface area contributed by atoms with Gasteiger partial charge in [-0.15, -0.1) is 0 Å². The maximum absolute atomic E-state index is 12.2. The quantitative estimate of drug-likeness (QED) is 0.770. The number of benzene rings is 1. The van der Waals surface area contributed by atoms with Gasteiger partial charge in [-0.25, -0.2) is 0 Å². The van der Waals surface area contributed by atoms with Gasteiger partial charge in [-0.05, 0) is 11.1 Å². The van der Waals surface area contributed by atoms with Crippen molar-refractivity contribution in [1.29, 1.82) is 0 Å². The van der Waals surface area contributed by atoms with Crippen molar-refractivity contribution in [2.75, 3.05) is 23.8 Å². The molecule has 0 fully saturated rings. The lowest BCUT2D eigenvalue weighted by Gasteiger charge is -2.31. The minimum atomic E-state index is -0.537. The average molecular weight is 285 g/mol. The molecule has 21 heavy (non-hydrogen) atoms. The molecule has 1 heterocycles. The molecular weight excluding hydrogens is 270 g/mol. The van der Waals surface area contributed by atoms with Crippen molar-refractivity contribution < 1.29 is 4.79 Å². The summed E-state index contributed by atoms with van der Waals surface area (Å²) in [5.74, 6) is -0.0603. The molecule has 2 aromatic rings. The van der Waals surface area contributed by atoms with Crippen LogP contribution in [0.15, 0.2) is 27.8 Å². The zero-order valence-corrected chi connectivity index (χ0v) is 11.6. The third-order valence-corrected chi connectivity index (χ3v) is 3.85. The lowest BCUT2D eigenvalue weighted by molar-refractivity contribution is 0.0992. The number of rotatable bonds is 3. The van der Waals surface area contributed by atoms with E-state index in [1.54, 1.807) is 18.0 Å². The molecule has 0 saturated carbocycles. The van der Waals surface area contributed by atoms with E-state index in [4.69, 9.17) is 5.73 Å². The molecule has 0 amide bonds. The van der Waals surface area contributed by atoms with Gasteiger partial charge in [-0.3, -0.25) is 14.4 Å². The number of nitrogens with one attached hydrogen (secondary N) is 1. The lowest BCUT2D eigenvalue weighted by atomic mass is 9.95. The fourth-order valence-electron chi connectivity index (χ4n) is 2.77. The van der Waals surface area contributed by atoms with Crippen LogP contribution in [0.2, 0.25) is 0 Å². The van der Waals surface area contributed by atoms with Crippen LogP contribution in [-0.2, 0) is 13.1 Å². The molecule has 0 unspecified atom stereocenters. The molecule has 108 valence electrons. The highest BCUT2D eigenvalue weighted by Crippen LogP contribution is 2.27. The Hall–Kier alpha value is -2.47. The van der Waals surface area contributed by atoms with Crippen LogP contribution in [0, 0.1) is 0 Å². The van der Waals surface area contributed by atoms with E-state index in [2.05, 4.69) is 5.32 Å². The Morgan fingerprint density at radius 1 is 1.19 bits per heavy atom. The second-order valence-corrected chi connectivity index (χ2v) is 5.11. The van der Waals surface area contributed by atoms with Crippen LogP contribution < -0.4 is 26.8 Å². The fraction of sp³-hybridized carbons (Fsp3) is 0.267. The summed E-state index contributed by atoms with van der Waals surface area (Å²) in [6.45, 7) is 0.923. The number of Topliss-reactive ketones (excluding diaryl/α,β-unsaturated/α-hetero) is 1. The van der Waals surface area contributed by atoms with Gasteiger partial charge in [-0.2, -0.15) is 0 Å². The molecule has 0 bridgehead atoms. The Kier molecular flexibility index (Phi) is 3.10. The summed E-state index contributed by atoms with van der Waals surface area (Å²) in [6.07, 6.45) is 0. The molecule has 0 radical (unpaired) electrons. The summed E-state index contributed by atoms with van der Waals surface area (Å²) in [7, 11) is 1.59. The van der Waals surface area contributed by atoms with E-state index in [1.165, 1.54) is 0 Å². The molecule has 1 aliphatic rings. The van der Waals surface area contributed by atoms with Crippen molar-refractivity contribution in [2.24, 2.45) is 5.73 Å². The number of hydrogen-bond acceptors (Lipinski definition) is 6. The normalized spacial score (nSPS) is 14.4. The fourth-order valence-corrected chi connectivity index (χ4v) is 2.77. The van der Waals surface area contributed by atoms with Gasteiger partial charge in [0.05, 0.1) is 6.54 Å². The number of carbonyl (C=O) groups excluding carboxylic acids is 1. The average Bonchev–Trinajstić information content (AvgIpc) is 2.50. The molecule has 0 spiro atoms. The highest BCUT2D eigenvalue weighted by atomic mass is 16.2. The molecule has 1 aliphatic heterocycles. The Balaban J connectivity index is 2.02. The SMILES string of the molecule is CNc1c(N2CC(=O)c3ccc(CN)cc3C2)c(=O)c1=O. The molecule has 0 aliphatic carbocycles. The number of carbonyl (C=O) groups is 1. The molecule has 2 aromatic carbocycles. The van der Waals surface area contributed by atoms with Crippen molar-refractivity contribution in [3.63, 3.8) is 0 Å². The minimum Gasteiger partial charge on any atom is -0.383 e. The van der Waals surface area contributed by atoms with E-state index in [1.807, 2.05) is 12.1 Å². The van der Waals surface area contributed by atoms with E-state index in [9.17, 15) is 14.4 Å². The Morgan fingerprint density at radius 3 is 2.62 bits per heavy atom. The third-order valence-electron chi connectivity index (χ3n) is 3.85. The summed E-state index contributed by atoms with van der Waals surface area (Å²) in [4.78, 5) is 37.1. The first-order valence-electron chi connectivity index (χ1n) is 6.68. The van der Waals surface area contributed by atoms with E-state index in [-0.39, 0.29) is 18.0 Å². The van der Waals surface area contributed by atoms with Gasteiger partial charge in [0.15, 0.2) is 5.78 Å². The maximum atomic E-state index is 12.2. The summed E-state index contributed by atoms with van der Waals surface area (Å²) in [5.41, 5.74) is 7.57. The molecule has 6 heteroatoms. The van der Waals surface area contributed by atoms with Crippen LogP contribution in [0.4, 0.5) is 11.4 Å². The minimum absolute atomic E-state index is 0.0603. The van der Waals surface area contributed by atoms with Crippen molar-refractivity contribution in [3.05, 3.63) is 55.3 Å². The summed E-state index contributed by atoms with van der Waals surface area (Å²) in [5, 5.41) is 2.73. The third kappa shape index (κ3) is 1.95. The molecule has 0 saturated heterocycles. The van der Waals surface area contributed by atoms with Gasteiger partial charge in [0.25, 0.3) is 10.9 Å². The first-order chi connectivity index (χ1) is 10.1. The molecular formula is C15H15N3O3. The van der Waals surface area contributed by atoms with Gasteiger partial charge < -0.3 is 16.0 Å². The predicted octanol–water partition coefficient (Wildman–Crippen LogP) is -0.0141. The van der Waals surface area contributed by atoms with E-state index in [0.717, 1.165) is 11.1 Å². The van der Waals surface area contributed by atoms with Gasteiger partial charge in [0.2, 0.25) is 0 Å². The highest BCUT2D eigenvalue weighted by molar-refractivity contribution is 6.02. The second-order valence-electron chi connectivity index (χ2n) is 5.11. The predicted molar refractivity (Wildman–Crippen MR) is 80.6 cm³/mol. The number of hydrogen-bond donors (Lipinski definition) is 2. The Labute approximate surface area is 120 Å².